The van der Waals surface area contributed by atoms with E-state index in [9.17, 15) is 28.2 Å². The van der Waals surface area contributed by atoms with Crippen LogP contribution in [0.5, 0.6) is 5.75 Å². The molecular formula is C17H10BrClF3NO3. The summed E-state index contributed by atoms with van der Waals surface area (Å²) in [4.78, 5) is 11.7. The molecule has 0 atom stereocenters. The molecule has 0 amide bonds. The molecule has 0 bridgehead atoms. The topological polar surface area (TPSA) is 62.5 Å². The normalized spacial score (nSPS) is 11.9. The summed E-state index contributed by atoms with van der Waals surface area (Å²) in [5, 5.41) is 19.1. The van der Waals surface area contributed by atoms with Crippen LogP contribution >= 0.6 is 27.5 Å². The zero-order valence-corrected chi connectivity index (χ0v) is 15.2. The van der Waals surface area contributed by atoms with Crippen LogP contribution in [0.1, 0.15) is 21.6 Å². The van der Waals surface area contributed by atoms with Gasteiger partial charge in [0.05, 0.1) is 20.6 Å². The number of hydrogen-bond acceptors (Lipinski definition) is 2. The lowest BCUT2D eigenvalue weighted by Gasteiger charge is -2.13. The smallest absolute Gasteiger partial charge is 0.417 e. The number of rotatable bonds is 3. The van der Waals surface area contributed by atoms with Crippen LogP contribution in [0.4, 0.5) is 13.2 Å². The summed E-state index contributed by atoms with van der Waals surface area (Å²) >= 11 is 8.82. The number of phenols is 1. The van der Waals surface area contributed by atoms with Crippen LogP contribution in [0, 0.1) is 0 Å². The zero-order chi connectivity index (χ0) is 19.2. The number of benzene rings is 2. The third-order valence-corrected chi connectivity index (χ3v) is 5.00. The monoisotopic (exact) mass is 447 g/mol. The Balaban J connectivity index is 2.18. The quantitative estimate of drug-likeness (QED) is 0.554. The number of hydrogen-bond donors (Lipinski definition) is 2. The number of aromatic nitrogens is 1. The van der Waals surface area contributed by atoms with E-state index in [-0.39, 0.29) is 28.0 Å². The second-order valence-corrected chi connectivity index (χ2v) is 6.77. The van der Waals surface area contributed by atoms with Crippen LogP contribution in [0.2, 0.25) is 5.02 Å². The van der Waals surface area contributed by atoms with Gasteiger partial charge in [-0.3, -0.25) is 0 Å². The molecular weight excluding hydrogens is 439 g/mol. The summed E-state index contributed by atoms with van der Waals surface area (Å²) in [6.07, 6.45) is -4.62. The predicted octanol–water partition coefficient (Wildman–Crippen LogP) is 5.53. The van der Waals surface area contributed by atoms with Gasteiger partial charge in [-0.05, 0) is 51.8 Å². The third-order valence-electron chi connectivity index (χ3n) is 3.86. The van der Waals surface area contributed by atoms with E-state index in [1.54, 1.807) is 0 Å². The first-order valence-electron chi connectivity index (χ1n) is 7.19. The van der Waals surface area contributed by atoms with Crippen LogP contribution in [0.25, 0.3) is 10.9 Å². The Labute approximate surface area is 158 Å². The SMILES string of the molecule is O=C(O)c1c(Br)c2cc(O)ccc2n1Cc1ccc(Cl)c(C(F)(F)F)c1. The maximum atomic E-state index is 13.1. The maximum Gasteiger partial charge on any atom is 0.417 e. The van der Waals surface area contributed by atoms with Crippen LogP contribution in [-0.2, 0) is 12.7 Å². The number of carboxylic acid groups (broad SMARTS) is 1. The maximum absolute atomic E-state index is 13.1. The highest BCUT2D eigenvalue weighted by Gasteiger charge is 2.33. The molecule has 0 radical (unpaired) electrons. The van der Waals surface area contributed by atoms with Crippen molar-refractivity contribution in [3.8, 4) is 5.75 Å². The third kappa shape index (κ3) is 3.26. The molecule has 2 N–H and O–H groups in total. The molecule has 136 valence electrons. The molecule has 26 heavy (non-hydrogen) atoms. The summed E-state index contributed by atoms with van der Waals surface area (Å²) in [7, 11) is 0. The molecule has 0 saturated carbocycles. The van der Waals surface area contributed by atoms with Gasteiger partial charge in [-0.1, -0.05) is 17.7 Å². The first-order chi connectivity index (χ1) is 12.1. The molecule has 4 nitrogen and oxygen atoms in total. The van der Waals surface area contributed by atoms with Crippen LogP contribution in [0.15, 0.2) is 40.9 Å². The largest absolute Gasteiger partial charge is 0.508 e. The second kappa shape index (κ2) is 6.51. The Hall–Kier alpha value is -2.19. The molecule has 2 aromatic carbocycles. The molecule has 0 aliphatic heterocycles. The lowest BCUT2D eigenvalue weighted by atomic mass is 10.1. The van der Waals surface area contributed by atoms with Crippen LogP contribution in [-0.4, -0.2) is 20.7 Å². The molecule has 3 aromatic rings. The fraction of sp³-hybridized carbons (Fsp3) is 0.118. The summed E-state index contributed by atoms with van der Waals surface area (Å²) in [5.74, 6) is -1.31. The van der Waals surface area contributed by atoms with Gasteiger partial charge in [0, 0.05) is 11.9 Å². The molecule has 0 aliphatic rings. The lowest BCUT2D eigenvalue weighted by molar-refractivity contribution is -0.137. The fourth-order valence-corrected chi connectivity index (χ4v) is 3.67. The van der Waals surface area contributed by atoms with Gasteiger partial charge in [-0.25, -0.2) is 4.79 Å². The van der Waals surface area contributed by atoms with Gasteiger partial charge in [-0.2, -0.15) is 13.2 Å². The molecule has 0 aliphatic carbocycles. The summed E-state index contributed by atoms with van der Waals surface area (Å²) < 4.78 is 40.8. The molecule has 1 heterocycles. The molecule has 1 aromatic heterocycles. The number of fused-ring (bicyclic) bond motifs is 1. The van der Waals surface area contributed by atoms with Gasteiger partial charge in [-0.15, -0.1) is 0 Å². The number of aromatic hydroxyl groups is 1. The molecule has 0 fully saturated rings. The van der Waals surface area contributed by atoms with Crippen molar-refractivity contribution in [1.82, 2.24) is 4.57 Å². The minimum Gasteiger partial charge on any atom is -0.508 e. The van der Waals surface area contributed by atoms with Crippen molar-refractivity contribution in [2.24, 2.45) is 0 Å². The Morgan fingerprint density at radius 3 is 2.50 bits per heavy atom. The number of aromatic carboxylic acids is 1. The standard InChI is InChI=1S/C17H10BrClF3NO3/c18-14-10-6-9(24)2-4-13(10)23(15(14)16(25)26)7-8-1-3-12(19)11(5-8)17(20,21)22/h1-6,24H,7H2,(H,25,26). The number of phenolic OH excluding ortho intramolecular Hbond substituents is 1. The van der Waals surface area contributed by atoms with Crippen LogP contribution < -0.4 is 0 Å². The Morgan fingerprint density at radius 2 is 1.88 bits per heavy atom. The lowest BCUT2D eigenvalue weighted by Crippen LogP contribution is -2.11. The Morgan fingerprint density at radius 1 is 1.19 bits per heavy atom. The second-order valence-electron chi connectivity index (χ2n) is 5.57. The highest BCUT2D eigenvalue weighted by Crippen LogP contribution is 2.37. The van der Waals surface area contributed by atoms with Gasteiger partial charge >= 0.3 is 12.1 Å². The van der Waals surface area contributed by atoms with Gasteiger partial charge in [0.1, 0.15) is 11.4 Å². The predicted molar refractivity (Wildman–Crippen MR) is 93.8 cm³/mol. The van der Waals surface area contributed by atoms with Gasteiger partial charge < -0.3 is 14.8 Å². The summed E-state index contributed by atoms with van der Waals surface area (Å²) in [6, 6.07) is 7.69. The van der Waals surface area contributed by atoms with Crippen molar-refractivity contribution in [2.75, 3.05) is 0 Å². The van der Waals surface area contributed by atoms with Crippen molar-refractivity contribution < 1.29 is 28.2 Å². The van der Waals surface area contributed by atoms with E-state index in [1.165, 1.54) is 28.8 Å². The average molecular weight is 449 g/mol. The van der Waals surface area contributed by atoms with E-state index < -0.39 is 22.7 Å². The molecule has 0 saturated heterocycles. The zero-order valence-electron chi connectivity index (χ0n) is 12.8. The number of halogens is 5. The summed E-state index contributed by atoms with van der Waals surface area (Å²) in [5.41, 5.74) is -0.423. The van der Waals surface area contributed by atoms with E-state index in [1.807, 2.05) is 0 Å². The molecule has 0 spiro atoms. The summed E-state index contributed by atoms with van der Waals surface area (Å²) in [6.45, 7) is -0.116. The Kier molecular flexibility index (Phi) is 4.66. The minimum atomic E-state index is -4.62. The van der Waals surface area contributed by atoms with Gasteiger partial charge in [0.2, 0.25) is 0 Å². The number of carboxylic acids is 1. The van der Waals surface area contributed by atoms with E-state index in [0.717, 1.165) is 12.1 Å². The number of nitrogens with zero attached hydrogens (tertiary/aromatic N) is 1. The van der Waals surface area contributed by atoms with Crippen molar-refractivity contribution >= 4 is 44.4 Å². The highest BCUT2D eigenvalue weighted by atomic mass is 79.9. The average Bonchev–Trinajstić information content (AvgIpc) is 2.80. The minimum absolute atomic E-state index is 0.0573. The van der Waals surface area contributed by atoms with Gasteiger partial charge in [0.25, 0.3) is 0 Å². The van der Waals surface area contributed by atoms with Crippen molar-refractivity contribution in [3.05, 3.63) is 62.7 Å². The Bertz CT molecular complexity index is 1030. The number of alkyl halides is 3. The fourth-order valence-electron chi connectivity index (χ4n) is 2.75. The van der Waals surface area contributed by atoms with Crippen molar-refractivity contribution in [3.63, 3.8) is 0 Å². The number of carbonyl (C=O) groups is 1. The van der Waals surface area contributed by atoms with Crippen molar-refractivity contribution in [2.45, 2.75) is 12.7 Å². The van der Waals surface area contributed by atoms with E-state index in [0.29, 0.717) is 10.9 Å². The highest BCUT2D eigenvalue weighted by molar-refractivity contribution is 9.10. The molecule has 3 rings (SSSR count). The first-order valence-corrected chi connectivity index (χ1v) is 8.36. The first kappa shape index (κ1) is 18.6. The molecule has 0 unspecified atom stereocenters. The van der Waals surface area contributed by atoms with E-state index in [4.69, 9.17) is 11.6 Å². The van der Waals surface area contributed by atoms with E-state index >= 15 is 0 Å². The van der Waals surface area contributed by atoms with Crippen LogP contribution in [0.3, 0.4) is 0 Å². The van der Waals surface area contributed by atoms with Crippen molar-refractivity contribution in [1.29, 1.82) is 0 Å². The molecule has 9 heteroatoms. The van der Waals surface area contributed by atoms with Gasteiger partial charge in [0.15, 0.2) is 0 Å². The van der Waals surface area contributed by atoms with E-state index in [2.05, 4.69) is 15.9 Å².